The van der Waals surface area contributed by atoms with Crippen molar-refractivity contribution in [3.05, 3.63) is 52.3 Å². The van der Waals surface area contributed by atoms with Gasteiger partial charge >= 0.3 is 6.09 Å². The Morgan fingerprint density at radius 2 is 2.04 bits per heavy atom. The average Bonchev–Trinajstić information content (AvgIpc) is 2.61. The van der Waals surface area contributed by atoms with Gasteiger partial charge in [-0.1, -0.05) is 23.7 Å². The summed E-state index contributed by atoms with van der Waals surface area (Å²) >= 11 is 5.90. The molecule has 1 aromatic heterocycles. The number of nitrogens with one attached hydrogen (secondary N) is 1. The van der Waals surface area contributed by atoms with Crippen molar-refractivity contribution in [3.63, 3.8) is 0 Å². The number of hydrogen-bond acceptors (Lipinski definition) is 5. The molecule has 27 heavy (non-hydrogen) atoms. The number of rotatable bonds is 4. The van der Waals surface area contributed by atoms with Crippen LogP contribution in [-0.4, -0.2) is 39.7 Å². The first-order valence-electron chi connectivity index (χ1n) is 9.11. The molecule has 7 heteroatoms. The Morgan fingerprint density at radius 3 is 2.74 bits per heavy atom. The summed E-state index contributed by atoms with van der Waals surface area (Å²) in [5.41, 5.74) is 2.66. The highest BCUT2D eigenvalue weighted by atomic mass is 35.5. The van der Waals surface area contributed by atoms with Crippen LogP contribution in [0.25, 0.3) is 0 Å². The van der Waals surface area contributed by atoms with Crippen LogP contribution in [0, 0.1) is 0 Å². The fourth-order valence-electron chi connectivity index (χ4n) is 2.85. The Balaban J connectivity index is 1.55. The van der Waals surface area contributed by atoms with E-state index in [1.165, 1.54) is 5.56 Å². The van der Waals surface area contributed by atoms with Crippen molar-refractivity contribution in [2.24, 2.45) is 0 Å². The molecule has 1 aromatic carbocycles. The molecule has 0 saturated heterocycles. The van der Waals surface area contributed by atoms with E-state index >= 15 is 0 Å². The van der Waals surface area contributed by atoms with Gasteiger partial charge in [0.25, 0.3) is 0 Å². The molecule has 1 aliphatic rings. The Kier molecular flexibility index (Phi) is 5.85. The number of carbonyl (C=O) groups excluding carboxylic acids is 1. The zero-order valence-corrected chi connectivity index (χ0v) is 16.7. The van der Waals surface area contributed by atoms with Gasteiger partial charge in [-0.05, 0) is 44.9 Å². The van der Waals surface area contributed by atoms with Crippen LogP contribution in [0.5, 0.6) is 0 Å². The van der Waals surface area contributed by atoms with Crippen LogP contribution in [0.4, 0.5) is 10.7 Å². The average molecular weight is 389 g/mol. The lowest BCUT2D eigenvalue weighted by Crippen LogP contribution is -2.40. The number of aromatic nitrogens is 2. The molecule has 0 unspecified atom stereocenters. The zero-order valence-electron chi connectivity index (χ0n) is 16.0. The third-order valence-corrected chi connectivity index (χ3v) is 4.45. The molecule has 1 amide bonds. The molecule has 6 nitrogen and oxygen atoms in total. The summed E-state index contributed by atoms with van der Waals surface area (Å²) in [4.78, 5) is 22.9. The summed E-state index contributed by atoms with van der Waals surface area (Å²) in [5, 5.41) is 4.00. The van der Waals surface area contributed by atoms with Crippen molar-refractivity contribution < 1.29 is 9.53 Å². The Hall–Kier alpha value is -2.34. The molecule has 0 saturated carbocycles. The summed E-state index contributed by atoms with van der Waals surface area (Å²) in [7, 11) is 0. The Labute approximate surface area is 164 Å². The van der Waals surface area contributed by atoms with Crippen molar-refractivity contribution in [2.45, 2.75) is 45.8 Å². The molecule has 0 aliphatic carbocycles. The van der Waals surface area contributed by atoms with Gasteiger partial charge in [0.2, 0.25) is 5.95 Å². The van der Waals surface area contributed by atoms with Crippen LogP contribution in [-0.2, 0) is 24.1 Å². The number of nitrogens with zero attached hydrogens (tertiary/aromatic N) is 3. The third-order valence-electron chi connectivity index (χ3n) is 4.20. The van der Waals surface area contributed by atoms with Gasteiger partial charge in [0.1, 0.15) is 5.60 Å². The number of fused-ring (bicyclic) bond motifs is 1. The lowest BCUT2D eigenvalue weighted by molar-refractivity contribution is 0.0222. The molecule has 3 rings (SSSR count). The van der Waals surface area contributed by atoms with Crippen LogP contribution < -0.4 is 5.32 Å². The van der Waals surface area contributed by atoms with E-state index in [1.807, 2.05) is 45.0 Å². The molecule has 1 aliphatic heterocycles. The maximum atomic E-state index is 12.2. The number of ether oxygens (including phenoxy) is 1. The molecule has 0 bridgehead atoms. The third kappa shape index (κ3) is 5.57. The minimum Gasteiger partial charge on any atom is -0.444 e. The van der Waals surface area contributed by atoms with Gasteiger partial charge in [-0.25, -0.2) is 14.8 Å². The molecule has 2 aromatic rings. The molecular formula is C20H25ClN4O2. The van der Waals surface area contributed by atoms with Crippen LogP contribution in [0.15, 0.2) is 30.5 Å². The smallest absolute Gasteiger partial charge is 0.410 e. The van der Waals surface area contributed by atoms with Gasteiger partial charge < -0.3 is 15.0 Å². The summed E-state index contributed by atoms with van der Waals surface area (Å²) in [6.07, 6.45) is 3.06. The van der Waals surface area contributed by atoms with E-state index in [0.717, 1.165) is 29.2 Å². The molecule has 0 atom stereocenters. The highest BCUT2D eigenvalue weighted by molar-refractivity contribution is 6.30. The summed E-state index contributed by atoms with van der Waals surface area (Å²) in [6.45, 7) is 7.43. The first-order valence-corrected chi connectivity index (χ1v) is 9.49. The number of carbonyl (C=O) groups is 1. The van der Waals surface area contributed by atoms with Crippen molar-refractivity contribution in [3.8, 4) is 0 Å². The van der Waals surface area contributed by atoms with Gasteiger partial charge in [0.05, 0.1) is 12.2 Å². The molecule has 0 radical (unpaired) electrons. The summed E-state index contributed by atoms with van der Waals surface area (Å²) in [5.74, 6) is 0.619. The first-order chi connectivity index (χ1) is 12.8. The molecular weight excluding hydrogens is 364 g/mol. The number of anilines is 1. The maximum absolute atomic E-state index is 12.2. The fraction of sp³-hybridized carbons (Fsp3) is 0.450. The normalized spacial score (nSPS) is 13.9. The first kappa shape index (κ1) is 19.4. The number of amides is 1. The van der Waals surface area contributed by atoms with E-state index in [4.69, 9.17) is 16.3 Å². The second-order valence-corrected chi connectivity index (χ2v) is 8.06. The van der Waals surface area contributed by atoms with E-state index in [-0.39, 0.29) is 6.09 Å². The van der Waals surface area contributed by atoms with Gasteiger partial charge in [-0.15, -0.1) is 0 Å². The number of hydrogen-bond donors (Lipinski definition) is 1. The van der Waals surface area contributed by atoms with Crippen molar-refractivity contribution in [1.29, 1.82) is 0 Å². The minimum atomic E-state index is -0.494. The number of halogens is 1. The molecule has 0 spiro atoms. The van der Waals surface area contributed by atoms with Crippen molar-refractivity contribution in [2.75, 3.05) is 18.4 Å². The zero-order chi connectivity index (χ0) is 19.4. The monoisotopic (exact) mass is 388 g/mol. The molecule has 0 fully saturated rings. The number of benzene rings is 1. The van der Waals surface area contributed by atoms with Crippen LogP contribution in [0.1, 0.15) is 37.6 Å². The van der Waals surface area contributed by atoms with E-state index in [9.17, 15) is 4.79 Å². The predicted octanol–water partition coefficient (Wildman–Crippen LogP) is 4.08. The van der Waals surface area contributed by atoms with Crippen molar-refractivity contribution in [1.82, 2.24) is 14.9 Å². The molecule has 144 valence electrons. The van der Waals surface area contributed by atoms with Gasteiger partial charge in [-0.3, -0.25) is 0 Å². The second kappa shape index (κ2) is 8.13. The van der Waals surface area contributed by atoms with Crippen molar-refractivity contribution >= 4 is 23.6 Å². The summed E-state index contributed by atoms with van der Waals surface area (Å²) in [6, 6.07) is 7.82. The minimum absolute atomic E-state index is 0.293. The second-order valence-electron chi connectivity index (χ2n) is 7.62. The fourth-order valence-corrected chi connectivity index (χ4v) is 2.98. The molecule has 1 N–H and O–H groups in total. The SMILES string of the molecule is CC(C)(C)OC(=O)N1CCc2nc(NCCc3ccc(Cl)cc3)ncc2C1. The summed E-state index contributed by atoms with van der Waals surface area (Å²) < 4.78 is 5.44. The van der Waals surface area contributed by atoms with E-state index in [0.29, 0.717) is 25.5 Å². The standard InChI is InChI=1S/C20H25ClN4O2/c1-20(2,3)27-19(26)25-11-9-17-15(13-25)12-23-18(24-17)22-10-8-14-4-6-16(21)7-5-14/h4-7,12H,8-11,13H2,1-3H3,(H,22,23,24). The topological polar surface area (TPSA) is 67.3 Å². The Morgan fingerprint density at radius 1 is 1.30 bits per heavy atom. The highest BCUT2D eigenvalue weighted by Gasteiger charge is 2.26. The largest absolute Gasteiger partial charge is 0.444 e. The highest BCUT2D eigenvalue weighted by Crippen LogP contribution is 2.20. The van der Waals surface area contributed by atoms with E-state index in [1.54, 1.807) is 11.1 Å². The van der Waals surface area contributed by atoms with Crippen LogP contribution in [0.2, 0.25) is 5.02 Å². The van der Waals surface area contributed by atoms with Gasteiger partial charge in [0, 0.05) is 36.3 Å². The van der Waals surface area contributed by atoms with Gasteiger partial charge in [0.15, 0.2) is 0 Å². The Bertz CT molecular complexity index is 803. The van der Waals surface area contributed by atoms with E-state index in [2.05, 4.69) is 15.3 Å². The predicted molar refractivity (Wildman–Crippen MR) is 106 cm³/mol. The lowest BCUT2D eigenvalue weighted by atomic mass is 10.1. The van der Waals surface area contributed by atoms with Gasteiger partial charge in [-0.2, -0.15) is 0 Å². The van der Waals surface area contributed by atoms with Crippen LogP contribution in [0.3, 0.4) is 0 Å². The van der Waals surface area contributed by atoms with Crippen LogP contribution >= 0.6 is 11.6 Å². The molecule has 2 heterocycles. The maximum Gasteiger partial charge on any atom is 0.410 e. The van der Waals surface area contributed by atoms with E-state index < -0.39 is 5.60 Å². The quantitative estimate of drug-likeness (QED) is 0.854. The lowest BCUT2D eigenvalue weighted by Gasteiger charge is -2.30.